The molecule has 0 unspecified atom stereocenters. The molecule has 3 aromatic rings. The van der Waals surface area contributed by atoms with Gasteiger partial charge in [-0.3, -0.25) is 14.5 Å². The van der Waals surface area contributed by atoms with E-state index in [0.29, 0.717) is 25.9 Å². The maximum atomic E-state index is 12.6. The molecule has 0 bridgehead atoms. The van der Waals surface area contributed by atoms with Crippen molar-refractivity contribution in [2.45, 2.75) is 0 Å². The van der Waals surface area contributed by atoms with Crippen LogP contribution in [0.4, 0.5) is 5.69 Å². The smallest absolute Gasteiger partial charge is 0.336 e. The maximum Gasteiger partial charge on any atom is 0.336 e. The summed E-state index contributed by atoms with van der Waals surface area (Å²) in [6.07, 6.45) is 1.78. The monoisotopic (exact) mass is 428 g/mol. The van der Waals surface area contributed by atoms with E-state index >= 15 is 0 Å². The lowest BCUT2D eigenvalue weighted by molar-refractivity contribution is -0.126. The first-order valence-electron chi connectivity index (χ1n) is 8.12. The summed E-state index contributed by atoms with van der Waals surface area (Å²) in [5.74, 6) is -0.649. The third kappa shape index (κ3) is 3.91. The number of hydrogen-bond donors (Lipinski definition) is 1. The summed E-state index contributed by atoms with van der Waals surface area (Å²) < 4.78 is 5.42. The number of carbonyl (C=O) groups is 2. The lowest BCUT2D eigenvalue weighted by atomic mass is 10.2. The van der Waals surface area contributed by atoms with Crippen molar-refractivity contribution >= 4 is 74.2 Å². The molecule has 28 heavy (non-hydrogen) atoms. The van der Waals surface area contributed by atoms with Gasteiger partial charge in [0.2, 0.25) is 5.91 Å². The summed E-state index contributed by atoms with van der Waals surface area (Å²) in [5.41, 5.74) is 0.529. The Bertz CT molecular complexity index is 1180. The van der Waals surface area contributed by atoms with Crippen LogP contribution in [0.2, 0.25) is 0 Å². The number of rotatable bonds is 4. The summed E-state index contributed by atoms with van der Waals surface area (Å²) in [5, 5.41) is 5.35. The molecule has 0 aliphatic carbocycles. The molecule has 0 spiro atoms. The van der Waals surface area contributed by atoms with E-state index in [2.05, 4.69) is 5.32 Å². The van der Waals surface area contributed by atoms with Crippen molar-refractivity contribution < 1.29 is 14.0 Å². The van der Waals surface area contributed by atoms with Crippen molar-refractivity contribution in [3.8, 4) is 0 Å². The first-order valence-corrected chi connectivity index (χ1v) is 10.2. The lowest BCUT2D eigenvalue weighted by Crippen LogP contribution is -2.36. The fraction of sp³-hybridized carbons (Fsp3) is 0.0526. The van der Waals surface area contributed by atoms with Gasteiger partial charge in [0, 0.05) is 22.0 Å². The average Bonchev–Trinajstić information content (AvgIpc) is 3.26. The van der Waals surface area contributed by atoms with E-state index in [1.807, 2.05) is 17.5 Å². The van der Waals surface area contributed by atoms with Crippen LogP contribution in [-0.2, 0) is 9.59 Å². The molecule has 1 saturated heterocycles. The number of nitrogens with one attached hydrogen (secondary N) is 1. The molecule has 1 fully saturated rings. The van der Waals surface area contributed by atoms with Crippen molar-refractivity contribution in [3.63, 3.8) is 0 Å². The average molecular weight is 429 g/mol. The molecule has 0 radical (unpaired) electrons. The molecule has 1 aliphatic heterocycles. The van der Waals surface area contributed by atoms with E-state index < -0.39 is 5.63 Å². The fourth-order valence-corrected chi connectivity index (χ4v) is 4.61. The second-order valence-electron chi connectivity index (χ2n) is 5.84. The predicted molar refractivity (Wildman–Crippen MR) is 115 cm³/mol. The number of fused-ring (bicyclic) bond motifs is 1. The quantitative estimate of drug-likeness (QED) is 0.388. The van der Waals surface area contributed by atoms with E-state index in [-0.39, 0.29) is 18.4 Å². The highest BCUT2D eigenvalue weighted by atomic mass is 32.2. The van der Waals surface area contributed by atoms with E-state index in [0.717, 1.165) is 4.88 Å². The molecular weight excluding hydrogens is 416 g/mol. The summed E-state index contributed by atoms with van der Waals surface area (Å²) in [7, 11) is 0. The van der Waals surface area contributed by atoms with E-state index in [4.69, 9.17) is 16.6 Å². The number of nitrogens with zero attached hydrogens (tertiary/aromatic N) is 1. The number of carbonyl (C=O) groups excluding carboxylic acids is 2. The molecule has 1 aliphatic rings. The van der Waals surface area contributed by atoms with Gasteiger partial charge in [0.05, 0.1) is 4.91 Å². The molecule has 9 heteroatoms. The standard InChI is InChI=1S/C19H12N2O4S3/c22-16(20-12-4-5-14-11(8-12)3-6-17(23)25-14)10-21-18(24)15(28-19(21)26)9-13-2-1-7-27-13/h1-9H,10H2,(H,20,22). The Morgan fingerprint density at radius 3 is 2.86 bits per heavy atom. The Balaban J connectivity index is 1.46. The zero-order valence-corrected chi connectivity index (χ0v) is 16.7. The van der Waals surface area contributed by atoms with Crippen molar-refractivity contribution in [2.75, 3.05) is 11.9 Å². The largest absolute Gasteiger partial charge is 0.423 e. The van der Waals surface area contributed by atoms with Crippen LogP contribution in [0, 0.1) is 0 Å². The predicted octanol–water partition coefficient (Wildman–Crippen LogP) is 3.69. The normalized spacial score (nSPS) is 15.6. The highest BCUT2D eigenvalue weighted by Crippen LogP contribution is 2.33. The Morgan fingerprint density at radius 1 is 1.21 bits per heavy atom. The molecule has 140 valence electrons. The van der Waals surface area contributed by atoms with Crippen LogP contribution in [0.5, 0.6) is 0 Å². The molecule has 1 aromatic carbocycles. The second kappa shape index (κ2) is 7.70. The summed E-state index contributed by atoms with van der Waals surface area (Å²) in [6, 6.07) is 11.7. The van der Waals surface area contributed by atoms with E-state index in [9.17, 15) is 14.4 Å². The number of thiocarbonyl (C=S) groups is 1. The van der Waals surface area contributed by atoms with Crippen LogP contribution in [0.1, 0.15) is 4.88 Å². The topological polar surface area (TPSA) is 79.6 Å². The fourth-order valence-electron chi connectivity index (χ4n) is 2.63. The van der Waals surface area contributed by atoms with Gasteiger partial charge >= 0.3 is 5.63 Å². The molecule has 4 rings (SSSR count). The summed E-state index contributed by atoms with van der Waals surface area (Å²) in [6.45, 7) is -0.172. The highest BCUT2D eigenvalue weighted by molar-refractivity contribution is 8.26. The third-order valence-electron chi connectivity index (χ3n) is 3.89. The van der Waals surface area contributed by atoms with Crippen molar-refractivity contribution in [1.82, 2.24) is 4.90 Å². The van der Waals surface area contributed by atoms with Gasteiger partial charge in [-0.15, -0.1) is 11.3 Å². The Morgan fingerprint density at radius 2 is 2.07 bits per heavy atom. The van der Waals surface area contributed by atoms with Crippen molar-refractivity contribution in [2.24, 2.45) is 0 Å². The molecule has 2 aromatic heterocycles. The number of amides is 2. The number of hydrogen-bond acceptors (Lipinski definition) is 7. The molecule has 0 atom stereocenters. The van der Waals surface area contributed by atoms with Gasteiger partial charge in [-0.1, -0.05) is 30.0 Å². The number of thiophene rings is 1. The van der Waals surface area contributed by atoms with Crippen LogP contribution in [0.3, 0.4) is 0 Å². The zero-order valence-electron chi connectivity index (χ0n) is 14.2. The van der Waals surface area contributed by atoms with Crippen LogP contribution < -0.4 is 10.9 Å². The Hall–Kier alpha value is -2.75. The molecule has 1 N–H and O–H groups in total. The van der Waals surface area contributed by atoms with Gasteiger partial charge < -0.3 is 9.73 Å². The molecule has 2 amide bonds. The third-order valence-corrected chi connectivity index (χ3v) is 6.09. The minimum absolute atomic E-state index is 0.172. The zero-order chi connectivity index (χ0) is 19.7. The first kappa shape index (κ1) is 18.6. The maximum absolute atomic E-state index is 12.6. The summed E-state index contributed by atoms with van der Waals surface area (Å²) in [4.78, 5) is 39.0. The molecular formula is C19H12N2O4S3. The van der Waals surface area contributed by atoms with Crippen LogP contribution >= 0.6 is 35.3 Å². The minimum atomic E-state index is -0.436. The van der Waals surface area contributed by atoms with Crippen molar-refractivity contribution in [1.29, 1.82) is 0 Å². The highest BCUT2D eigenvalue weighted by Gasteiger charge is 2.33. The lowest BCUT2D eigenvalue weighted by Gasteiger charge is -2.14. The summed E-state index contributed by atoms with van der Waals surface area (Å²) >= 11 is 7.96. The number of anilines is 1. The Labute approximate surface area is 172 Å². The SMILES string of the molecule is O=C(CN1C(=O)C(=Cc2cccs2)SC1=S)Nc1ccc2oc(=O)ccc2c1. The van der Waals surface area contributed by atoms with E-state index in [1.54, 1.807) is 30.3 Å². The molecule has 6 nitrogen and oxygen atoms in total. The van der Waals surface area contributed by atoms with Crippen LogP contribution in [-0.4, -0.2) is 27.6 Å². The number of thioether (sulfide) groups is 1. The second-order valence-corrected chi connectivity index (χ2v) is 8.49. The van der Waals surface area contributed by atoms with E-state index in [1.165, 1.54) is 34.1 Å². The van der Waals surface area contributed by atoms with Gasteiger partial charge in [-0.2, -0.15) is 0 Å². The van der Waals surface area contributed by atoms with Gasteiger partial charge in [0.25, 0.3) is 5.91 Å². The van der Waals surface area contributed by atoms with Gasteiger partial charge in [-0.05, 0) is 41.8 Å². The Kier molecular flexibility index (Phi) is 5.12. The van der Waals surface area contributed by atoms with Gasteiger partial charge in [0.1, 0.15) is 16.4 Å². The number of benzene rings is 1. The minimum Gasteiger partial charge on any atom is -0.423 e. The molecule has 0 saturated carbocycles. The van der Waals surface area contributed by atoms with Gasteiger partial charge in [0.15, 0.2) is 0 Å². The molecule has 3 heterocycles. The first-order chi connectivity index (χ1) is 13.5. The van der Waals surface area contributed by atoms with Gasteiger partial charge in [-0.25, -0.2) is 4.79 Å². The van der Waals surface area contributed by atoms with Crippen LogP contribution in [0.15, 0.2) is 62.0 Å². The van der Waals surface area contributed by atoms with Crippen LogP contribution in [0.25, 0.3) is 17.0 Å². The van der Waals surface area contributed by atoms with Crippen molar-refractivity contribution in [3.05, 3.63) is 68.0 Å².